The Bertz CT molecular complexity index is 540. The molecule has 0 heterocycles. The summed E-state index contributed by atoms with van der Waals surface area (Å²) in [6, 6.07) is 0. The smallest absolute Gasteiger partial charge is 0.332 e. The molecule has 25 heavy (non-hydrogen) atoms. The second-order valence-electron chi connectivity index (χ2n) is 5.33. The summed E-state index contributed by atoms with van der Waals surface area (Å²) in [5.74, 6) is -0.845. The predicted octanol–water partition coefficient (Wildman–Crippen LogP) is -0.386. The van der Waals surface area contributed by atoms with Crippen LogP contribution in [0.25, 0.3) is 0 Å². The number of nitrogens with zero attached hydrogens (tertiary/aromatic N) is 2. The first-order chi connectivity index (χ1) is 11.5. The first kappa shape index (κ1) is 24.2. The summed E-state index contributed by atoms with van der Waals surface area (Å²) in [4.78, 5) is 53.3. The van der Waals surface area contributed by atoms with E-state index in [1.165, 1.54) is 6.92 Å². The normalized spacial score (nSPS) is 14.0. The van der Waals surface area contributed by atoms with E-state index in [4.69, 9.17) is 15.5 Å². The summed E-state index contributed by atoms with van der Waals surface area (Å²) in [6.07, 6.45) is -1.06. The monoisotopic (exact) mass is 401 g/mol. The van der Waals surface area contributed by atoms with E-state index in [1.807, 2.05) is 0 Å². The molecule has 1 atom stereocenters. The van der Waals surface area contributed by atoms with E-state index in [9.17, 15) is 23.6 Å². The van der Waals surface area contributed by atoms with Gasteiger partial charge in [0.1, 0.15) is 12.6 Å². The van der Waals surface area contributed by atoms with Crippen molar-refractivity contribution in [2.75, 3.05) is 38.8 Å². The van der Waals surface area contributed by atoms with Gasteiger partial charge in [0, 0.05) is 39.0 Å². The van der Waals surface area contributed by atoms with Gasteiger partial charge in [-0.15, -0.1) is 0 Å². The standard InChI is InChI=1S/C12H27N4O7P2/c1-3-11(17)15(7-5-13)9-24(19,20)14-6-8-16(12(18)4-2)10-25(21,22)23/h13H,3-10H2,1-2H3,(H2,14,19,20)(H2,21,22,23). The van der Waals surface area contributed by atoms with Crippen LogP contribution in [0.15, 0.2) is 0 Å². The number of carbonyl (C=O) groups is 2. The summed E-state index contributed by atoms with van der Waals surface area (Å²) < 4.78 is 23.2. The van der Waals surface area contributed by atoms with E-state index in [-0.39, 0.29) is 44.9 Å². The van der Waals surface area contributed by atoms with Gasteiger partial charge in [-0.05, 0) is 0 Å². The topological polar surface area (TPSA) is 171 Å². The second kappa shape index (κ2) is 11.0. The van der Waals surface area contributed by atoms with Crippen molar-refractivity contribution in [1.82, 2.24) is 20.6 Å². The number of hydrogen-bond acceptors (Lipinski definition) is 4. The Balaban J connectivity index is 4.73. The van der Waals surface area contributed by atoms with Crippen LogP contribution in [0.4, 0.5) is 0 Å². The van der Waals surface area contributed by atoms with Crippen LogP contribution in [0.2, 0.25) is 0 Å². The molecule has 13 heteroatoms. The molecule has 5 N–H and O–H groups in total. The molecule has 0 aromatic heterocycles. The summed E-state index contributed by atoms with van der Waals surface area (Å²) in [7, 11) is -8.40. The highest BCUT2D eigenvalue weighted by molar-refractivity contribution is 7.55. The van der Waals surface area contributed by atoms with Crippen LogP contribution >= 0.6 is 15.1 Å². The highest BCUT2D eigenvalue weighted by Gasteiger charge is 2.26. The summed E-state index contributed by atoms with van der Waals surface area (Å²) in [5.41, 5.74) is 7.15. The number of amides is 2. The van der Waals surface area contributed by atoms with E-state index in [2.05, 4.69) is 5.09 Å². The maximum absolute atomic E-state index is 12.2. The Kier molecular flexibility index (Phi) is 10.7. The molecule has 0 saturated heterocycles. The summed E-state index contributed by atoms with van der Waals surface area (Å²) in [6.45, 7) is 2.72. The van der Waals surface area contributed by atoms with Gasteiger partial charge in [-0.25, -0.2) is 5.09 Å². The molecule has 11 nitrogen and oxygen atoms in total. The van der Waals surface area contributed by atoms with Crippen LogP contribution in [0.1, 0.15) is 26.7 Å². The Labute approximate surface area is 147 Å². The fourth-order valence-corrected chi connectivity index (χ4v) is 4.05. The molecule has 0 aliphatic rings. The minimum absolute atomic E-state index is 0.0254. The minimum atomic E-state index is -4.45. The van der Waals surface area contributed by atoms with Crippen LogP contribution in [0.3, 0.4) is 0 Å². The lowest BCUT2D eigenvalue weighted by atomic mass is 10.4. The van der Waals surface area contributed by atoms with Crippen LogP contribution in [0, 0.1) is 0 Å². The molecule has 0 spiro atoms. The number of rotatable bonds is 12. The Hall–Kier alpha value is -0.800. The zero-order valence-electron chi connectivity index (χ0n) is 14.4. The van der Waals surface area contributed by atoms with Gasteiger partial charge in [-0.3, -0.25) is 24.5 Å². The third kappa shape index (κ3) is 10.7. The molecule has 0 aromatic carbocycles. The summed E-state index contributed by atoms with van der Waals surface area (Å²) in [5, 5.41) is 2.33. The average molecular weight is 401 g/mol. The van der Waals surface area contributed by atoms with Crippen molar-refractivity contribution in [3.8, 4) is 0 Å². The highest BCUT2D eigenvalue weighted by Crippen LogP contribution is 2.37. The predicted molar refractivity (Wildman–Crippen MR) is 91.6 cm³/mol. The zero-order valence-corrected chi connectivity index (χ0v) is 16.2. The molecule has 0 bridgehead atoms. The number of carbonyl (C=O) groups excluding carboxylic acids is 2. The number of nitrogens with one attached hydrogen (secondary N) is 2. The Morgan fingerprint density at radius 1 is 0.960 bits per heavy atom. The van der Waals surface area contributed by atoms with E-state index in [1.54, 1.807) is 6.92 Å². The molecule has 1 unspecified atom stereocenters. The van der Waals surface area contributed by atoms with Crippen LogP contribution in [-0.4, -0.2) is 75.0 Å². The van der Waals surface area contributed by atoms with E-state index in [0.717, 1.165) is 9.80 Å². The fourth-order valence-electron chi connectivity index (χ4n) is 1.99. The van der Waals surface area contributed by atoms with Gasteiger partial charge in [0.05, 0.1) is 0 Å². The lowest BCUT2D eigenvalue weighted by molar-refractivity contribution is -0.130. The highest BCUT2D eigenvalue weighted by atomic mass is 31.2. The van der Waals surface area contributed by atoms with Gasteiger partial charge in [-0.1, -0.05) is 13.8 Å². The molecule has 1 radical (unpaired) electrons. The zero-order chi connectivity index (χ0) is 19.7. The molecule has 0 aromatic rings. The third-order valence-electron chi connectivity index (χ3n) is 3.15. The Morgan fingerprint density at radius 3 is 1.84 bits per heavy atom. The molecule has 147 valence electrons. The van der Waals surface area contributed by atoms with Gasteiger partial charge in [-0.2, -0.15) is 0 Å². The second-order valence-corrected chi connectivity index (χ2v) is 8.94. The molecule has 0 aliphatic carbocycles. The molecule has 2 amide bonds. The van der Waals surface area contributed by atoms with Crippen molar-refractivity contribution >= 4 is 26.9 Å². The van der Waals surface area contributed by atoms with E-state index >= 15 is 0 Å². The summed E-state index contributed by atoms with van der Waals surface area (Å²) >= 11 is 0. The first-order valence-electron chi connectivity index (χ1n) is 7.77. The van der Waals surface area contributed by atoms with Crippen LogP contribution in [-0.2, 0) is 18.7 Å². The molecule has 0 fully saturated rings. The van der Waals surface area contributed by atoms with Gasteiger partial charge in [0.25, 0.3) is 7.52 Å². The van der Waals surface area contributed by atoms with Crippen molar-refractivity contribution in [2.45, 2.75) is 26.7 Å². The van der Waals surface area contributed by atoms with Gasteiger partial charge in [0.15, 0.2) is 0 Å². The van der Waals surface area contributed by atoms with Crippen LogP contribution in [0.5, 0.6) is 0 Å². The van der Waals surface area contributed by atoms with Crippen molar-refractivity contribution in [3.63, 3.8) is 0 Å². The van der Waals surface area contributed by atoms with Crippen molar-refractivity contribution in [1.29, 1.82) is 0 Å². The quantitative estimate of drug-likeness (QED) is 0.320. The van der Waals surface area contributed by atoms with E-state index < -0.39 is 33.6 Å². The largest absolute Gasteiger partial charge is 0.344 e. The first-order valence-corrected chi connectivity index (χ1v) is 11.4. The Morgan fingerprint density at radius 2 is 1.44 bits per heavy atom. The third-order valence-corrected chi connectivity index (χ3v) is 5.30. The molecule has 0 saturated carbocycles. The van der Waals surface area contributed by atoms with Gasteiger partial charge >= 0.3 is 7.60 Å². The van der Waals surface area contributed by atoms with Gasteiger partial charge < -0.3 is 24.5 Å². The maximum Gasteiger partial charge on any atom is 0.344 e. The van der Waals surface area contributed by atoms with E-state index in [0.29, 0.717) is 0 Å². The molecular formula is C12H27N4O7P2. The minimum Gasteiger partial charge on any atom is -0.332 e. The fraction of sp³-hybridized carbons (Fsp3) is 0.833. The van der Waals surface area contributed by atoms with Crippen molar-refractivity contribution in [2.24, 2.45) is 0 Å². The molecule has 0 rings (SSSR count). The van der Waals surface area contributed by atoms with Crippen molar-refractivity contribution in [3.05, 3.63) is 0 Å². The molecule has 0 aliphatic heterocycles. The lowest BCUT2D eigenvalue weighted by Gasteiger charge is -2.26. The average Bonchev–Trinajstić information content (AvgIpc) is 2.50. The van der Waals surface area contributed by atoms with Crippen LogP contribution < -0.4 is 10.8 Å². The SMILES string of the molecule is CCC(=O)N(CCNP(=O)(O)CN(CC[NH])C(=O)CC)CP(=O)(O)O. The van der Waals surface area contributed by atoms with Gasteiger partial charge in [0.2, 0.25) is 11.8 Å². The van der Waals surface area contributed by atoms with Crippen molar-refractivity contribution < 1.29 is 33.4 Å². The number of hydrogen-bond donors (Lipinski definition) is 4. The molecular weight excluding hydrogens is 374 g/mol. The maximum atomic E-state index is 12.2. The lowest BCUT2D eigenvalue weighted by Crippen LogP contribution is -2.39.